The molecule has 0 spiro atoms. The maximum atomic E-state index is 10.8. The van der Waals surface area contributed by atoms with E-state index >= 15 is 0 Å². The fourth-order valence-electron chi connectivity index (χ4n) is 0.604. The van der Waals surface area contributed by atoms with Crippen LogP contribution < -0.4 is 11.3 Å². The number of nitrogens with one attached hydrogen (secondary N) is 2. The molecule has 0 aliphatic rings. The molecule has 0 aliphatic heterocycles. The van der Waals surface area contributed by atoms with Crippen molar-refractivity contribution in [1.82, 2.24) is 10.4 Å². The molecule has 4 nitrogen and oxygen atoms in total. The molecular formula is C5H5Cl2N3O. The molecule has 0 atom stereocenters. The van der Waals surface area contributed by atoms with Crippen molar-refractivity contribution in [2.75, 3.05) is 0 Å². The van der Waals surface area contributed by atoms with Crippen LogP contribution in [0.5, 0.6) is 0 Å². The largest absolute Gasteiger partial charge is 0.340 e. The number of hydrogen-bond acceptors (Lipinski definition) is 2. The van der Waals surface area contributed by atoms with Gasteiger partial charge in [-0.25, -0.2) is 5.84 Å². The van der Waals surface area contributed by atoms with Gasteiger partial charge in [0, 0.05) is 0 Å². The van der Waals surface area contributed by atoms with Crippen LogP contribution in [-0.4, -0.2) is 10.9 Å². The summed E-state index contributed by atoms with van der Waals surface area (Å²) in [5, 5.41) is 0.524. The summed E-state index contributed by atoms with van der Waals surface area (Å²) in [5.74, 6) is 4.40. The van der Waals surface area contributed by atoms with Crippen LogP contribution in [0, 0.1) is 0 Å². The number of carbonyl (C=O) groups excluding carboxylic acids is 1. The van der Waals surface area contributed by atoms with E-state index in [4.69, 9.17) is 29.0 Å². The van der Waals surface area contributed by atoms with Crippen LogP contribution in [0.25, 0.3) is 0 Å². The number of hydrogen-bond donors (Lipinski definition) is 3. The van der Waals surface area contributed by atoms with Gasteiger partial charge in [-0.1, -0.05) is 23.2 Å². The highest BCUT2D eigenvalue weighted by molar-refractivity contribution is 6.41. The first-order chi connectivity index (χ1) is 5.15. The first-order valence-corrected chi connectivity index (χ1v) is 3.45. The fourth-order valence-corrected chi connectivity index (χ4v) is 0.917. The van der Waals surface area contributed by atoms with Gasteiger partial charge in [0.15, 0.2) is 0 Å². The van der Waals surface area contributed by atoms with Gasteiger partial charge in [0.1, 0.15) is 10.8 Å². The van der Waals surface area contributed by atoms with Gasteiger partial charge in [0.2, 0.25) is 0 Å². The summed E-state index contributed by atoms with van der Waals surface area (Å²) in [4.78, 5) is 13.3. The Morgan fingerprint density at radius 2 is 2.27 bits per heavy atom. The second kappa shape index (κ2) is 3.13. The van der Waals surface area contributed by atoms with E-state index < -0.39 is 5.91 Å². The summed E-state index contributed by atoms with van der Waals surface area (Å²) in [6.07, 6.45) is 0. The average Bonchev–Trinajstić information content (AvgIpc) is 2.31. The minimum absolute atomic E-state index is 0.227. The second-order valence-corrected chi connectivity index (χ2v) is 2.60. The molecule has 6 heteroatoms. The van der Waals surface area contributed by atoms with Crippen molar-refractivity contribution in [3.05, 3.63) is 21.9 Å². The van der Waals surface area contributed by atoms with Crippen LogP contribution in [0.1, 0.15) is 10.5 Å². The van der Waals surface area contributed by atoms with Gasteiger partial charge >= 0.3 is 0 Å². The number of aromatic nitrogens is 1. The van der Waals surface area contributed by atoms with E-state index in [1.807, 2.05) is 5.43 Å². The summed E-state index contributed by atoms with van der Waals surface area (Å²) in [6.45, 7) is 0. The monoisotopic (exact) mass is 193 g/mol. The predicted octanol–water partition coefficient (Wildman–Crippen LogP) is 0.925. The van der Waals surface area contributed by atoms with E-state index in [-0.39, 0.29) is 10.8 Å². The quantitative estimate of drug-likeness (QED) is 0.353. The third kappa shape index (κ3) is 1.65. The summed E-state index contributed by atoms with van der Waals surface area (Å²) < 4.78 is 0. The Bertz CT molecular complexity index is 264. The Hall–Kier alpha value is -0.710. The Morgan fingerprint density at radius 1 is 1.64 bits per heavy atom. The highest BCUT2D eigenvalue weighted by atomic mass is 35.5. The number of rotatable bonds is 1. The Labute approximate surface area is 72.6 Å². The third-order valence-corrected chi connectivity index (χ3v) is 1.79. The summed E-state index contributed by atoms with van der Waals surface area (Å²) >= 11 is 11.1. The van der Waals surface area contributed by atoms with Gasteiger partial charge in [-0.3, -0.25) is 10.2 Å². The molecule has 0 bridgehead atoms. The van der Waals surface area contributed by atoms with E-state index in [9.17, 15) is 4.79 Å². The van der Waals surface area contributed by atoms with Crippen LogP contribution >= 0.6 is 23.2 Å². The van der Waals surface area contributed by atoms with Gasteiger partial charge in [0.25, 0.3) is 5.91 Å². The van der Waals surface area contributed by atoms with Gasteiger partial charge < -0.3 is 4.98 Å². The molecule has 1 amide bonds. The summed E-state index contributed by atoms with van der Waals surface area (Å²) in [6, 6.07) is 1.39. The minimum Gasteiger partial charge on any atom is -0.340 e. The number of halogens is 2. The number of amides is 1. The molecule has 0 saturated heterocycles. The van der Waals surface area contributed by atoms with E-state index in [0.717, 1.165) is 0 Å². The lowest BCUT2D eigenvalue weighted by atomic mass is 10.4. The predicted molar refractivity (Wildman–Crippen MR) is 42.5 cm³/mol. The van der Waals surface area contributed by atoms with Crippen LogP contribution in [-0.2, 0) is 0 Å². The van der Waals surface area contributed by atoms with E-state index in [0.29, 0.717) is 5.02 Å². The lowest BCUT2D eigenvalue weighted by Crippen LogP contribution is -2.30. The molecule has 1 heterocycles. The van der Waals surface area contributed by atoms with E-state index in [1.165, 1.54) is 6.07 Å². The molecule has 0 fully saturated rings. The maximum absolute atomic E-state index is 10.8. The van der Waals surface area contributed by atoms with Crippen LogP contribution in [0.15, 0.2) is 6.07 Å². The van der Waals surface area contributed by atoms with Gasteiger partial charge in [-0.2, -0.15) is 0 Å². The zero-order valence-corrected chi connectivity index (χ0v) is 6.83. The van der Waals surface area contributed by atoms with Crippen molar-refractivity contribution in [3.8, 4) is 0 Å². The van der Waals surface area contributed by atoms with Crippen molar-refractivity contribution in [3.63, 3.8) is 0 Å². The Balaban J connectivity index is 2.97. The number of hydrazine groups is 1. The molecule has 0 radical (unpaired) electrons. The molecule has 4 N–H and O–H groups in total. The zero-order valence-electron chi connectivity index (χ0n) is 5.32. The smallest absolute Gasteiger partial charge is 0.281 e. The summed E-state index contributed by atoms with van der Waals surface area (Å²) in [5.41, 5.74) is 2.17. The molecule has 0 saturated carbocycles. The Morgan fingerprint density at radius 3 is 2.64 bits per heavy atom. The lowest BCUT2D eigenvalue weighted by molar-refractivity contribution is 0.0949. The maximum Gasteiger partial charge on any atom is 0.281 e. The van der Waals surface area contributed by atoms with Crippen molar-refractivity contribution in [1.29, 1.82) is 0 Å². The first-order valence-electron chi connectivity index (χ1n) is 2.70. The third-order valence-electron chi connectivity index (χ3n) is 1.10. The lowest BCUT2D eigenvalue weighted by Gasteiger charge is -1.92. The number of H-pyrrole nitrogens is 1. The number of carbonyl (C=O) groups is 1. The number of nitrogen functional groups attached to an aromatic ring is 1. The highest BCUT2D eigenvalue weighted by Crippen LogP contribution is 2.21. The van der Waals surface area contributed by atoms with Gasteiger partial charge in [-0.05, 0) is 6.07 Å². The average molecular weight is 194 g/mol. The molecule has 0 aliphatic carbocycles. The minimum atomic E-state index is -0.459. The molecule has 0 unspecified atom stereocenters. The SMILES string of the molecule is NNC(=O)c1cc(Cl)c(Cl)[nH]1. The molecule has 1 aromatic rings. The van der Waals surface area contributed by atoms with Gasteiger partial charge in [-0.15, -0.1) is 0 Å². The number of aromatic amines is 1. The van der Waals surface area contributed by atoms with Crippen LogP contribution in [0.4, 0.5) is 0 Å². The molecule has 1 aromatic heterocycles. The van der Waals surface area contributed by atoms with E-state index in [2.05, 4.69) is 4.98 Å². The fraction of sp³-hybridized carbons (Fsp3) is 0. The standard InChI is InChI=1S/C5H5Cl2N3O/c6-2-1-3(5(11)10-8)9-4(2)7/h1,9H,8H2,(H,10,11). The van der Waals surface area contributed by atoms with Gasteiger partial charge in [0.05, 0.1) is 5.02 Å². The molecule has 11 heavy (non-hydrogen) atoms. The van der Waals surface area contributed by atoms with Crippen molar-refractivity contribution in [2.24, 2.45) is 5.84 Å². The van der Waals surface area contributed by atoms with Crippen molar-refractivity contribution >= 4 is 29.1 Å². The Kier molecular flexibility index (Phi) is 2.38. The topological polar surface area (TPSA) is 70.9 Å². The van der Waals surface area contributed by atoms with Crippen LogP contribution in [0.3, 0.4) is 0 Å². The van der Waals surface area contributed by atoms with Crippen molar-refractivity contribution < 1.29 is 4.79 Å². The first kappa shape index (κ1) is 8.39. The normalized spacial score (nSPS) is 9.73. The molecule has 0 aromatic carbocycles. The zero-order chi connectivity index (χ0) is 8.43. The molecular weight excluding hydrogens is 189 g/mol. The molecule has 60 valence electrons. The van der Waals surface area contributed by atoms with Crippen molar-refractivity contribution in [2.45, 2.75) is 0 Å². The second-order valence-electron chi connectivity index (χ2n) is 1.82. The van der Waals surface area contributed by atoms with E-state index in [1.54, 1.807) is 0 Å². The summed E-state index contributed by atoms with van der Waals surface area (Å²) in [7, 11) is 0. The highest BCUT2D eigenvalue weighted by Gasteiger charge is 2.09. The molecule has 1 rings (SSSR count). The number of nitrogens with two attached hydrogens (primary N) is 1. The van der Waals surface area contributed by atoms with Crippen LogP contribution in [0.2, 0.25) is 10.2 Å².